The number of primary amides is 1. The maximum Gasteiger partial charge on any atom is 0.404 e. The molecule has 0 aliphatic heterocycles. The molecule has 5 nitrogen and oxygen atoms in total. The molecule has 1 aliphatic carbocycles. The van der Waals surface area contributed by atoms with E-state index in [1.165, 1.54) is 5.56 Å². The number of carbonyl (C=O) groups excluding carboxylic acids is 1. The second kappa shape index (κ2) is 5.00. The Balaban J connectivity index is 1.90. The van der Waals surface area contributed by atoms with Crippen LogP contribution in [0.15, 0.2) is 24.4 Å². The second-order valence-electron chi connectivity index (χ2n) is 7.31. The number of pyridine rings is 1. The molecule has 1 amide bonds. The van der Waals surface area contributed by atoms with Gasteiger partial charge in [0.05, 0.1) is 11.2 Å². The lowest BCUT2D eigenvalue weighted by Crippen LogP contribution is -2.35. The van der Waals surface area contributed by atoms with Crippen molar-refractivity contribution < 1.29 is 9.53 Å². The molecule has 0 aromatic carbocycles. The van der Waals surface area contributed by atoms with Crippen molar-refractivity contribution in [3.05, 3.63) is 35.7 Å². The Morgan fingerprint density at radius 3 is 2.86 bits per heavy atom. The molecule has 22 heavy (non-hydrogen) atoms. The number of nitrogens with two attached hydrogens (primary N) is 1. The number of hydrogen-bond acceptors (Lipinski definition) is 3. The van der Waals surface area contributed by atoms with Crippen molar-refractivity contribution in [1.29, 1.82) is 0 Å². The first-order valence-corrected chi connectivity index (χ1v) is 7.68. The Bertz CT molecular complexity index is 714. The van der Waals surface area contributed by atoms with Crippen LogP contribution in [0.25, 0.3) is 5.52 Å². The zero-order valence-corrected chi connectivity index (χ0v) is 13.5. The molecule has 118 valence electrons. The second-order valence-corrected chi connectivity index (χ2v) is 7.31. The van der Waals surface area contributed by atoms with Crippen LogP contribution in [-0.4, -0.2) is 21.8 Å². The van der Waals surface area contributed by atoms with E-state index in [1.54, 1.807) is 0 Å². The van der Waals surface area contributed by atoms with Crippen molar-refractivity contribution in [2.45, 2.75) is 46.1 Å². The predicted octanol–water partition coefficient (Wildman–Crippen LogP) is 3.26. The van der Waals surface area contributed by atoms with Gasteiger partial charge >= 0.3 is 6.09 Å². The Labute approximate surface area is 130 Å². The molecule has 1 aliphatic rings. The molecule has 3 rings (SSSR count). The molecule has 2 aromatic heterocycles. The normalized spacial score (nSPS) is 22.5. The number of aromatic nitrogens is 2. The Hall–Kier alpha value is -2.04. The lowest BCUT2D eigenvalue weighted by molar-refractivity contribution is 0.0209. The summed E-state index contributed by atoms with van der Waals surface area (Å²) >= 11 is 0. The van der Waals surface area contributed by atoms with Gasteiger partial charge in [0, 0.05) is 12.1 Å². The van der Waals surface area contributed by atoms with Gasteiger partial charge < -0.3 is 10.5 Å². The van der Waals surface area contributed by atoms with Crippen molar-refractivity contribution in [3.63, 3.8) is 0 Å². The number of rotatable bonds is 3. The van der Waals surface area contributed by atoms with Crippen molar-refractivity contribution in [2.75, 3.05) is 0 Å². The number of amides is 1. The van der Waals surface area contributed by atoms with Gasteiger partial charge in [-0.2, -0.15) is 5.10 Å². The summed E-state index contributed by atoms with van der Waals surface area (Å²) in [5.74, 6) is 0.706. The third-order valence-electron chi connectivity index (χ3n) is 4.38. The number of aryl methyl sites for hydroxylation is 1. The molecule has 5 heteroatoms. The van der Waals surface area contributed by atoms with Crippen LogP contribution in [0.4, 0.5) is 4.79 Å². The lowest BCUT2D eigenvalue weighted by Gasteiger charge is -2.30. The van der Waals surface area contributed by atoms with Crippen molar-refractivity contribution in [1.82, 2.24) is 9.61 Å². The fraction of sp³-hybridized carbons (Fsp3) is 0.529. The van der Waals surface area contributed by atoms with Crippen molar-refractivity contribution >= 4 is 11.6 Å². The number of hydrogen-bond donors (Lipinski definition) is 1. The first-order valence-electron chi connectivity index (χ1n) is 7.68. The van der Waals surface area contributed by atoms with Gasteiger partial charge in [0.25, 0.3) is 0 Å². The van der Waals surface area contributed by atoms with E-state index >= 15 is 0 Å². The standard InChI is InChI=1S/C17H23N3O2/c1-10-8-14-11(6-5-7-20(14)19-10)12-9-13(12)15(17(2,3)4)22-16(18)21/h5-8,12-13,15H,9H2,1-4H3,(H2,18,21). The molecule has 0 spiro atoms. The number of ether oxygens (including phenoxy) is 1. The van der Waals surface area contributed by atoms with E-state index in [1.807, 2.05) is 23.7 Å². The minimum atomic E-state index is -0.691. The molecule has 2 aromatic rings. The number of nitrogens with zero attached hydrogens (tertiary/aromatic N) is 2. The fourth-order valence-electron chi connectivity index (χ4n) is 3.41. The van der Waals surface area contributed by atoms with Crippen LogP contribution in [-0.2, 0) is 4.74 Å². The highest BCUT2D eigenvalue weighted by Gasteiger charge is 2.50. The zero-order chi connectivity index (χ0) is 16.1. The molecule has 2 N–H and O–H groups in total. The fourth-order valence-corrected chi connectivity index (χ4v) is 3.41. The largest absolute Gasteiger partial charge is 0.446 e. The quantitative estimate of drug-likeness (QED) is 0.946. The van der Waals surface area contributed by atoms with E-state index in [9.17, 15) is 4.79 Å². The van der Waals surface area contributed by atoms with Gasteiger partial charge in [0.2, 0.25) is 0 Å². The van der Waals surface area contributed by atoms with E-state index in [2.05, 4.69) is 38.0 Å². The smallest absolute Gasteiger partial charge is 0.404 e. The predicted molar refractivity (Wildman–Crippen MR) is 84.7 cm³/mol. The maximum absolute atomic E-state index is 11.2. The van der Waals surface area contributed by atoms with E-state index in [-0.39, 0.29) is 11.5 Å². The van der Waals surface area contributed by atoms with E-state index in [0.29, 0.717) is 11.8 Å². The van der Waals surface area contributed by atoms with Crippen LogP contribution < -0.4 is 5.73 Å². The molecule has 0 bridgehead atoms. The van der Waals surface area contributed by atoms with Crippen LogP contribution in [0.2, 0.25) is 0 Å². The van der Waals surface area contributed by atoms with Crippen LogP contribution in [0.5, 0.6) is 0 Å². The van der Waals surface area contributed by atoms with Gasteiger partial charge in [0.1, 0.15) is 6.10 Å². The van der Waals surface area contributed by atoms with E-state index in [0.717, 1.165) is 17.6 Å². The summed E-state index contributed by atoms with van der Waals surface area (Å²) in [6.45, 7) is 8.24. The molecule has 1 saturated carbocycles. The average molecular weight is 301 g/mol. The monoisotopic (exact) mass is 301 g/mol. The summed E-state index contributed by atoms with van der Waals surface area (Å²) in [4.78, 5) is 11.2. The van der Waals surface area contributed by atoms with Crippen LogP contribution in [0.1, 0.15) is 44.4 Å². The van der Waals surface area contributed by atoms with Gasteiger partial charge in [0.15, 0.2) is 0 Å². The van der Waals surface area contributed by atoms with Gasteiger partial charge in [-0.25, -0.2) is 9.31 Å². The molecule has 1 fully saturated rings. The first kappa shape index (κ1) is 14.9. The summed E-state index contributed by atoms with van der Waals surface area (Å²) < 4.78 is 7.34. The van der Waals surface area contributed by atoms with Gasteiger partial charge in [-0.05, 0) is 42.4 Å². The minimum absolute atomic E-state index is 0.129. The van der Waals surface area contributed by atoms with Gasteiger partial charge in [-0.3, -0.25) is 0 Å². The maximum atomic E-state index is 11.2. The van der Waals surface area contributed by atoms with E-state index in [4.69, 9.17) is 10.5 Å². The summed E-state index contributed by atoms with van der Waals surface area (Å²) in [5, 5.41) is 4.46. The third-order valence-corrected chi connectivity index (χ3v) is 4.38. The highest BCUT2D eigenvalue weighted by Crippen LogP contribution is 2.54. The zero-order valence-electron chi connectivity index (χ0n) is 13.5. The van der Waals surface area contributed by atoms with Crippen LogP contribution in [0, 0.1) is 18.3 Å². The van der Waals surface area contributed by atoms with Crippen LogP contribution >= 0.6 is 0 Å². The van der Waals surface area contributed by atoms with Crippen LogP contribution in [0.3, 0.4) is 0 Å². The lowest BCUT2D eigenvalue weighted by atomic mass is 9.85. The van der Waals surface area contributed by atoms with Crippen molar-refractivity contribution in [2.24, 2.45) is 17.1 Å². The minimum Gasteiger partial charge on any atom is -0.446 e. The molecule has 2 heterocycles. The summed E-state index contributed by atoms with van der Waals surface area (Å²) in [6, 6.07) is 6.27. The van der Waals surface area contributed by atoms with E-state index < -0.39 is 6.09 Å². The molecular weight excluding hydrogens is 278 g/mol. The summed E-state index contributed by atoms with van der Waals surface area (Å²) in [5.41, 5.74) is 8.55. The number of fused-ring (bicyclic) bond motifs is 1. The molecular formula is C17H23N3O2. The Morgan fingerprint density at radius 1 is 1.50 bits per heavy atom. The highest BCUT2D eigenvalue weighted by molar-refractivity contribution is 5.65. The first-order chi connectivity index (χ1) is 10.3. The number of carbonyl (C=O) groups is 1. The average Bonchev–Trinajstić information content (AvgIpc) is 3.07. The Kier molecular flexibility index (Phi) is 3.38. The Morgan fingerprint density at radius 2 is 2.23 bits per heavy atom. The molecule has 0 saturated heterocycles. The summed E-state index contributed by atoms with van der Waals surface area (Å²) in [6.07, 6.45) is 2.12. The van der Waals surface area contributed by atoms with Gasteiger partial charge in [-0.15, -0.1) is 0 Å². The molecule has 3 atom stereocenters. The molecule has 0 radical (unpaired) electrons. The third kappa shape index (κ3) is 2.67. The van der Waals surface area contributed by atoms with Gasteiger partial charge in [-0.1, -0.05) is 26.8 Å². The SMILES string of the molecule is Cc1cc2c(C3CC3C(OC(N)=O)C(C)(C)C)cccn2n1. The molecule has 3 unspecified atom stereocenters. The summed E-state index contributed by atoms with van der Waals surface area (Å²) in [7, 11) is 0. The highest BCUT2D eigenvalue weighted by atomic mass is 16.6. The van der Waals surface area contributed by atoms with Crippen molar-refractivity contribution in [3.8, 4) is 0 Å². The topological polar surface area (TPSA) is 69.6 Å².